The Bertz CT molecular complexity index is 1130. The van der Waals surface area contributed by atoms with Crippen molar-refractivity contribution in [1.29, 1.82) is 0 Å². The van der Waals surface area contributed by atoms with Crippen LogP contribution in [0.4, 0.5) is 11.4 Å². The fourth-order valence-corrected chi connectivity index (χ4v) is 2.39. The molecule has 4 aromatic heterocycles. The molecule has 0 aliphatic carbocycles. The average Bonchev–Trinajstić information content (AvgIpc) is 3.35. The molecular weight excluding hydrogens is 320 g/mol. The highest BCUT2D eigenvalue weighted by atomic mass is 15.5. The van der Waals surface area contributed by atoms with Crippen molar-refractivity contribution < 1.29 is 0 Å². The van der Waals surface area contributed by atoms with Gasteiger partial charge in [0.2, 0.25) is 0 Å². The lowest BCUT2D eigenvalue weighted by atomic mass is 10.2. The van der Waals surface area contributed by atoms with E-state index >= 15 is 0 Å². The van der Waals surface area contributed by atoms with E-state index in [0.717, 1.165) is 17.2 Å². The largest absolute Gasteiger partial charge is 0.394 e. The monoisotopic (exact) mass is 336 g/mol. The van der Waals surface area contributed by atoms with Crippen LogP contribution in [-0.4, -0.2) is 39.6 Å². The summed E-state index contributed by atoms with van der Waals surface area (Å²) in [7, 11) is 0. The lowest BCUT2D eigenvalue weighted by molar-refractivity contribution is 0.806. The Balaban J connectivity index is 0.000000136. The van der Waals surface area contributed by atoms with E-state index in [4.69, 9.17) is 11.5 Å². The molecule has 0 bridgehead atoms. The molecule has 0 atom stereocenters. The van der Waals surface area contributed by atoms with Crippen molar-refractivity contribution in [2.45, 2.75) is 6.92 Å². The van der Waals surface area contributed by atoms with E-state index in [1.165, 1.54) is 0 Å². The van der Waals surface area contributed by atoms with Gasteiger partial charge in [0.15, 0.2) is 17.1 Å². The summed E-state index contributed by atoms with van der Waals surface area (Å²) in [5.41, 5.74) is 14.8. The van der Waals surface area contributed by atoms with Gasteiger partial charge in [-0.3, -0.25) is 10.2 Å². The molecule has 0 radical (unpaired) electrons. The van der Waals surface area contributed by atoms with E-state index < -0.39 is 0 Å². The predicted molar refractivity (Wildman–Crippen MR) is 93.7 cm³/mol. The van der Waals surface area contributed by atoms with Crippen molar-refractivity contribution in [2.24, 2.45) is 0 Å². The van der Waals surface area contributed by atoms with Gasteiger partial charge in [0, 0.05) is 5.56 Å². The zero-order valence-corrected chi connectivity index (χ0v) is 13.4. The number of anilines is 2. The van der Waals surface area contributed by atoms with Gasteiger partial charge in [-0.1, -0.05) is 30.3 Å². The third kappa shape index (κ3) is 2.65. The molecule has 10 heteroatoms. The third-order valence-corrected chi connectivity index (χ3v) is 3.56. The third-order valence-electron chi connectivity index (χ3n) is 3.56. The van der Waals surface area contributed by atoms with E-state index in [2.05, 4.69) is 30.4 Å². The zero-order chi connectivity index (χ0) is 17.4. The average molecular weight is 336 g/mol. The summed E-state index contributed by atoms with van der Waals surface area (Å²) in [5.74, 6) is 1.58. The van der Waals surface area contributed by atoms with E-state index in [0.29, 0.717) is 22.7 Å². The first-order valence-electron chi connectivity index (χ1n) is 7.52. The zero-order valence-electron chi connectivity index (χ0n) is 13.4. The van der Waals surface area contributed by atoms with E-state index in [1.54, 1.807) is 21.7 Å². The van der Waals surface area contributed by atoms with E-state index in [1.807, 2.05) is 37.3 Å². The number of aryl methyl sites for hydroxylation is 1. The van der Waals surface area contributed by atoms with Gasteiger partial charge < -0.3 is 11.5 Å². The smallest absolute Gasteiger partial charge is 0.198 e. The maximum Gasteiger partial charge on any atom is 0.198 e. The molecule has 0 saturated heterocycles. The van der Waals surface area contributed by atoms with Gasteiger partial charge in [0.05, 0.1) is 23.8 Å². The minimum absolute atomic E-state index is 0.577. The normalized spacial score (nSPS) is 10.9. The number of nitrogens with two attached hydrogens (primary N) is 2. The standard InChI is InChI=1S/C10H9N5.C5H7N5/c11-8-6-12-15-10(8)13-9(14-15)7-4-2-1-3-5-7;1-3-8-5-4(6)2-7-10(5)9-3/h1-6H,11H2,(H,13,14);2H,6H2,1H3,(H,8,9). The van der Waals surface area contributed by atoms with Crippen LogP contribution in [0.5, 0.6) is 0 Å². The SMILES string of the molecule is Cc1nc2c(N)cnn2[nH]1.Nc1cnn2[nH]c(-c3ccccc3)nc12. The Kier molecular flexibility index (Phi) is 3.35. The van der Waals surface area contributed by atoms with Crippen molar-refractivity contribution >= 4 is 22.7 Å². The van der Waals surface area contributed by atoms with Crippen LogP contribution in [0.3, 0.4) is 0 Å². The van der Waals surface area contributed by atoms with E-state index in [-0.39, 0.29) is 0 Å². The summed E-state index contributed by atoms with van der Waals surface area (Å²) in [6.45, 7) is 1.86. The second kappa shape index (κ2) is 5.67. The van der Waals surface area contributed by atoms with Crippen LogP contribution in [0.1, 0.15) is 5.82 Å². The van der Waals surface area contributed by atoms with Crippen molar-refractivity contribution in [3.05, 3.63) is 48.5 Å². The number of nitrogens with zero attached hydrogens (tertiary/aromatic N) is 6. The van der Waals surface area contributed by atoms with E-state index in [9.17, 15) is 0 Å². The molecule has 0 fully saturated rings. The quantitative estimate of drug-likeness (QED) is 0.363. The number of benzene rings is 1. The molecule has 0 aliphatic rings. The number of H-pyrrole nitrogens is 2. The van der Waals surface area contributed by atoms with Crippen LogP contribution < -0.4 is 11.5 Å². The molecule has 1 aromatic carbocycles. The molecular formula is C15H16N10. The fourth-order valence-electron chi connectivity index (χ4n) is 2.39. The second-order valence-electron chi connectivity index (χ2n) is 5.42. The molecule has 25 heavy (non-hydrogen) atoms. The molecule has 5 rings (SSSR count). The van der Waals surface area contributed by atoms with Gasteiger partial charge in [-0.25, -0.2) is 9.97 Å². The van der Waals surface area contributed by atoms with Gasteiger partial charge in [0.1, 0.15) is 5.82 Å². The van der Waals surface area contributed by atoms with Crippen molar-refractivity contribution in [2.75, 3.05) is 11.5 Å². The van der Waals surface area contributed by atoms with Crippen molar-refractivity contribution in [3.8, 4) is 11.4 Å². The Morgan fingerprint density at radius 3 is 2.04 bits per heavy atom. The highest BCUT2D eigenvalue weighted by Gasteiger charge is 2.07. The summed E-state index contributed by atoms with van der Waals surface area (Å²) < 4.78 is 3.11. The Morgan fingerprint density at radius 2 is 1.44 bits per heavy atom. The van der Waals surface area contributed by atoms with Gasteiger partial charge in [-0.15, -0.1) is 0 Å². The van der Waals surface area contributed by atoms with Crippen molar-refractivity contribution in [1.82, 2.24) is 39.6 Å². The first kappa shape index (κ1) is 14.8. The van der Waals surface area contributed by atoms with Crippen LogP contribution >= 0.6 is 0 Å². The van der Waals surface area contributed by atoms with Crippen LogP contribution in [0.2, 0.25) is 0 Å². The summed E-state index contributed by atoms with van der Waals surface area (Å²) >= 11 is 0. The van der Waals surface area contributed by atoms with Gasteiger partial charge in [-0.05, 0) is 6.92 Å². The first-order chi connectivity index (χ1) is 12.1. The minimum atomic E-state index is 0.577. The number of aromatic nitrogens is 8. The highest BCUT2D eigenvalue weighted by molar-refractivity contribution is 5.67. The lowest BCUT2D eigenvalue weighted by Gasteiger charge is -1.92. The number of hydrogen-bond acceptors (Lipinski definition) is 6. The summed E-state index contributed by atoms with van der Waals surface area (Å²) in [6, 6.07) is 9.85. The summed E-state index contributed by atoms with van der Waals surface area (Å²) in [5, 5.41) is 13.9. The Morgan fingerprint density at radius 1 is 0.840 bits per heavy atom. The molecule has 6 N–H and O–H groups in total. The molecule has 10 nitrogen and oxygen atoms in total. The second-order valence-corrected chi connectivity index (χ2v) is 5.42. The summed E-state index contributed by atoms with van der Waals surface area (Å²) in [6.07, 6.45) is 3.14. The Hall–Kier alpha value is -3.82. The molecule has 5 aromatic rings. The van der Waals surface area contributed by atoms with Crippen LogP contribution in [0.15, 0.2) is 42.7 Å². The molecule has 0 unspecified atom stereocenters. The summed E-state index contributed by atoms with van der Waals surface area (Å²) in [4.78, 5) is 8.46. The maximum absolute atomic E-state index is 5.70. The van der Waals surface area contributed by atoms with Gasteiger partial charge in [-0.2, -0.15) is 19.5 Å². The van der Waals surface area contributed by atoms with Crippen LogP contribution in [0.25, 0.3) is 22.7 Å². The number of nitrogen functional groups attached to an aromatic ring is 2. The molecule has 4 heterocycles. The first-order valence-corrected chi connectivity index (χ1v) is 7.52. The maximum atomic E-state index is 5.70. The number of aromatic amines is 2. The van der Waals surface area contributed by atoms with Crippen LogP contribution in [-0.2, 0) is 0 Å². The number of nitrogens with one attached hydrogen (secondary N) is 2. The Labute approximate surface area is 141 Å². The minimum Gasteiger partial charge on any atom is -0.394 e. The van der Waals surface area contributed by atoms with Gasteiger partial charge in [0.25, 0.3) is 0 Å². The molecule has 0 aliphatic heterocycles. The molecule has 126 valence electrons. The topological polar surface area (TPSA) is 144 Å². The van der Waals surface area contributed by atoms with Crippen LogP contribution in [0, 0.1) is 6.92 Å². The molecule has 0 saturated carbocycles. The molecule has 0 spiro atoms. The number of hydrogen-bond donors (Lipinski definition) is 4. The number of fused-ring (bicyclic) bond motifs is 2. The fraction of sp³-hybridized carbons (Fsp3) is 0.0667. The predicted octanol–water partition coefficient (Wildman–Crippen LogP) is 1.25. The molecule has 0 amide bonds. The number of rotatable bonds is 1. The van der Waals surface area contributed by atoms with Gasteiger partial charge >= 0.3 is 0 Å². The lowest BCUT2D eigenvalue weighted by Crippen LogP contribution is -1.86. The van der Waals surface area contributed by atoms with Crippen molar-refractivity contribution in [3.63, 3.8) is 0 Å². The highest BCUT2D eigenvalue weighted by Crippen LogP contribution is 2.17.